The minimum absolute atomic E-state index is 0.126. The molecule has 0 unspecified atom stereocenters. The first-order valence-corrected chi connectivity index (χ1v) is 10.2. The highest BCUT2D eigenvalue weighted by Crippen LogP contribution is 2.24. The Morgan fingerprint density at radius 2 is 1.86 bits per heavy atom. The van der Waals surface area contributed by atoms with E-state index in [0.717, 1.165) is 10.8 Å². The molecule has 1 aliphatic heterocycles. The summed E-state index contributed by atoms with van der Waals surface area (Å²) in [5.74, 6) is -0.706. The Morgan fingerprint density at radius 1 is 1.17 bits per heavy atom. The van der Waals surface area contributed by atoms with E-state index in [-0.39, 0.29) is 18.3 Å². The number of rotatable bonds is 5. The minimum Gasteiger partial charge on any atom is -0.486 e. The van der Waals surface area contributed by atoms with Crippen LogP contribution in [0.2, 0.25) is 0 Å². The van der Waals surface area contributed by atoms with E-state index in [1.807, 2.05) is 26.2 Å². The lowest BCUT2D eigenvalue weighted by molar-refractivity contribution is 0.0240. The molecule has 0 aliphatic carbocycles. The van der Waals surface area contributed by atoms with Crippen molar-refractivity contribution in [3.63, 3.8) is 0 Å². The molecule has 0 spiro atoms. The number of carbonyl (C=O) groups is 2. The van der Waals surface area contributed by atoms with E-state index in [4.69, 9.17) is 9.47 Å². The van der Waals surface area contributed by atoms with E-state index < -0.39 is 11.6 Å². The highest BCUT2D eigenvalue weighted by atomic mass is 32.1. The Morgan fingerprint density at radius 3 is 2.52 bits per heavy atom. The normalized spacial score (nSPS) is 14.6. The van der Waals surface area contributed by atoms with Gasteiger partial charge in [0, 0.05) is 31.6 Å². The topological polar surface area (TPSA) is 92.2 Å². The molecule has 2 aromatic rings. The van der Waals surface area contributed by atoms with E-state index >= 15 is 0 Å². The molecule has 29 heavy (non-hydrogen) atoms. The third-order valence-electron chi connectivity index (χ3n) is 4.23. The molecular formula is C20H25N3O5S. The lowest BCUT2D eigenvalue weighted by Crippen LogP contribution is -2.50. The number of carbonyl (C=O) groups excluding carboxylic acids is 1. The maximum absolute atomic E-state index is 12.2. The summed E-state index contributed by atoms with van der Waals surface area (Å²) in [6, 6.07) is 6.54. The molecule has 0 saturated carbocycles. The fraction of sp³-hybridized carbons (Fsp3) is 0.450. The summed E-state index contributed by atoms with van der Waals surface area (Å²) >= 11 is 1.51. The van der Waals surface area contributed by atoms with Gasteiger partial charge in [-0.2, -0.15) is 0 Å². The number of hydrogen-bond donors (Lipinski definition) is 1. The molecule has 1 saturated heterocycles. The van der Waals surface area contributed by atoms with Crippen LogP contribution in [0.15, 0.2) is 29.6 Å². The molecule has 8 nitrogen and oxygen atoms in total. The Labute approximate surface area is 173 Å². The Balaban J connectivity index is 1.54. The van der Waals surface area contributed by atoms with Crippen LogP contribution in [0.5, 0.6) is 5.75 Å². The second-order valence-electron chi connectivity index (χ2n) is 7.67. The number of benzene rings is 1. The van der Waals surface area contributed by atoms with Crippen LogP contribution in [0.4, 0.5) is 9.93 Å². The van der Waals surface area contributed by atoms with E-state index in [1.165, 1.54) is 17.4 Å². The number of aromatic carboxylic acids is 1. The Hall–Kier alpha value is -2.81. The molecule has 1 aliphatic rings. The highest BCUT2D eigenvalue weighted by Gasteiger charge is 2.26. The molecule has 0 radical (unpaired) electrons. The molecule has 0 atom stereocenters. The zero-order valence-corrected chi connectivity index (χ0v) is 17.6. The van der Waals surface area contributed by atoms with Gasteiger partial charge in [0.15, 0.2) is 5.13 Å². The van der Waals surface area contributed by atoms with Gasteiger partial charge >= 0.3 is 12.1 Å². The van der Waals surface area contributed by atoms with Gasteiger partial charge in [0.25, 0.3) is 0 Å². The first-order chi connectivity index (χ1) is 13.7. The summed E-state index contributed by atoms with van der Waals surface area (Å²) in [5, 5.41) is 12.0. The van der Waals surface area contributed by atoms with Crippen molar-refractivity contribution in [2.24, 2.45) is 0 Å². The summed E-state index contributed by atoms with van der Waals surface area (Å²) in [7, 11) is 0. The van der Waals surface area contributed by atoms with Crippen LogP contribution in [-0.4, -0.2) is 58.8 Å². The molecule has 1 aromatic heterocycles. The number of nitrogens with zero attached hydrogens (tertiary/aromatic N) is 3. The summed E-state index contributed by atoms with van der Waals surface area (Å²) in [5.41, 5.74) is 0.360. The second-order valence-corrected chi connectivity index (χ2v) is 8.50. The molecule has 1 fully saturated rings. The maximum Gasteiger partial charge on any atom is 0.410 e. The first kappa shape index (κ1) is 20.9. The number of thiazole rings is 1. The molecule has 2 heterocycles. The van der Waals surface area contributed by atoms with Gasteiger partial charge in [-0.05, 0) is 32.9 Å². The number of para-hydroxylation sites is 1. The smallest absolute Gasteiger partial charge is 0.410 e. The number of aromatic nitrogens is 1. The summed E-state index contributed by atoms with van der Waals surface area (Å²) in [4.78, 5) is 31.9. The second kappa shape index (κ2) is 8.69. The predicted octanol–water partition coefficient (Wildman–Crippen LogP) is 3.48. The molecule has 156 valence electrons. The number of carboxylic acids is 1. The van der Waals surface area contributed by atoms with Crippen molar-refractivity contribution >= 4 is 28.5 Å². The van der Waals surface area contributed by atoms with Gasteiger partial charge in [0.2, 0.25) is 0 Å². The van der Waals surface area contributed by atoms with Crippen LogP contribution in [0, 0.1) is 0 Å². The molecule has 0 bridgehead atoms. The average molecular weight is 420 g/mol. The minimum atomic E-state index is -1.03. The highest BCUT2D eigenvalue weighted by molar-refractivity contribution is 7.13. The molecule has 1 amide bonds. The van der Waals surface area contributed by atoms with Crippen molar-refractivity contribution in [1.82, 2.24) is 9.88 Å². The Bertz CT molecular complexity index is 869. The Kier molecular flexibility index (Phi) is 6.26. The zero-order chi connectivity index (χ0) is 21.0. The lowest BCUT2D eigenvalue weighted by atomic mass is 10.2. The third-order valence-corrected chi connectivity index (χ3v) is 5.18. The van der Waals surface area contributed by atoms with Crippen LogP contribution in [-0.2, 0) is 11.3 Å². The van der Waals surface area contributed by atoms with Crippen molar-refractivity contribution in [2.45, 2.75) is 33.0 Å². The monoisotopic (exact) mass is 419 g/mol. The maximum atomic E-state index is 12.2. The average Bonchev–Trinajstić information content (AvgIpc) is 3.14. The van der Waals surface area contributed by atoms with Gasteiger partial charge in [0.1, 0.15) is 23.5 Å². The van der Waals surface area contributed by atoms with Crippen molar-refractivity contribution in [3.8, 4) is 5.75 Å². The van der Waals surface area contributed by atoms with Crippen molar-refractivity contribution in [1.29, 1.82) is 0 Å². The number of carboxylic acid groups (broad SMARTS) is 1. The van der Waals surface area contributed by atoms with Crippen molar-refractivity contribution in [2.75, 3.05) is 31.1 Å². The number of anilines is 1. The van der Waals surface area contributed by atoms with Gasteiger partial charge in [-0.15, -0.1) is 11.3 Å². The van der Waals surface area contributed by atoms with Gasteiger partial charge in [-0.25, -0.2) is 14.6 Å². The van der Waals surface area contributed by atoms with Crippen LogP contribution < -0.4 is 9.64 Å². The third kappa shape index (κ3) is 5.60. The van der Waals surface area contributed by atoms with E-state index in [9.17, 15) is 14.7 Å². The van der Waals surface area contributed by atoms with E-state index in [1.54, 1.807) is 23.1 Å². The van der Waals surface area contributed by atoms with Gasteiger partial charge in [0.05, 0.1) is 5.69 Å². The number of amides is 1. The first-order valence-electron chi connectivity index (χ1n) is 9.35. The molecule has 1 aromatic carbocycles. The summed E-state index contributed by atoms with van der Waals surface area (Å²) < 4.78 is 11.1. The summed E-state index contributed by atoms with van der Waals surface area (Å²) in [6.07, 6.45) is -0.289. The fourth-order valence-corrected chi connectivity index (χ4v) is 3.70. The lowest BCUT2D eigenvalue weighted by Gasteiger charge is -2.35. The van der Waals surface area contributed by atoms with Crippen LogP contribution in [0.25, 0.3) is 0 Å². The zero-order valence-electron chi connectivity index (χ0n) is 16.8. The van der Waals surface area contributed by atoms with E-state index in [2.05, 4.69) is 9.88 Å². The SMILES string of the molecule is CC(C)(C)OC(=O)N1CCN(c2nc(COc3ccccc3C(=O)O)cs2)CC1. The van der Waals surface area contributed by atoms with Gasteiger partial charge in [-0.3, -0.25) is 0 Å². The van der Waals surface area contributed by atoms with Crippen LogP contribution in [0.3, 0.4) is 0 Å². The standard InChI is InChI=1S/C20H25N3O5S/c1-20(2,3)28-19(26)23-10-8-22(9-11-23)18-21-14(13-29-18)12-27-16-7-5-4-6-15(16)17(24)25/h4-7,13H,8-12H2,1-3H3,(H,24,25). The van der Waals surface area contributed by atoms with Gasteiger partial charge < -0.3 is 24.4 Å². The fourth-order valence-electron chi connectivity index (χ4n) is 2.84. The molecular weight excluding hydrogens is 394 g/mol. The molecule has 1 N–H and O–H groups in total. The number of ether oxygens (including phenoxy) is 2. The molecule has 3 rings (SSSR count). The van der Waals surface area contributed by atoms with Crippen LogP contribution in [0.1, 0.15) is 36.8 Å². The molecule has 9 heteroatoms. The summed E-state index contributed by atoms with van der Waals surface area (Å²) in [6.45, 7) is 8.26. The van der Waals surface area contributed by atoms with Gasteiger partial charge in [-0.1, -0.05) is 12.1 Å². The number of hydrogen-bond acceptors (Lipinski definition) is 7. The van der Waals surface area contributed by atoms with Crippen LogP contribution >= 0.6 is 11.3 Å². The quantitative estimate of drug-likeness (QED) is 0.793. The largest absolute Gasteiger partial charge is 0.486 e. The van der Waals surface area contributed by atoms with Crippen molar-refractivity contribution < 1.29 is 24.2 Å². The van der Waals surface area contributed by atoms with E-state index in [0.29, 0.717) is 31.9 Å². The predicted molar refractivity (Wildman–Crippen MR) is 110 cm³/mol. The van der Waals surface area contributed by atoms with Crippen molar-refractivity contribution in [3.05, 3.63) is 40.9 Å². The number of piperazine rings is 1.